The highest BCUT2D eigenvalue weighted by Gasteiger charge is 2.19. The van der Waals surface area contributed by atoms with Gasteiger partial charge in [-0.1, -0.05) is 0 Å². The van der Waals surface area contributed by atoms with Crippen molar-refractivity contribution in [3.8, 4) is 0 Å². The van der Waals surface area contributed by atoms with Gasteiger partial charge in [0.05, 0.1) is 11.1 Å². The van der Waals surface area contributed by atoms with E-state index in [-0.39, 0.29) is 11.5 Å². The lowest BCUT2D eigenvalue weighted by molar-refractivity contribution is 0.0695. The molecule has 0 bridgehead atoms. The van der Waals surface area contributed by atoms with Crippen LogP contribution in [-0.2, 0) is 0 Å². The van der Waals surface area contributed by atoms with Gasteiger partial charge in [-0.15, -0.1) is 0 Å². The summed E-state index contributed by atoms with van der Waals surface area (Å²) in [6.07, 6.45) is 0. The number of aryl methyl sites for hydroxylation is 2. The molecule has 1 aromatic heterocycles. The van der Waals surface area contributed by atoms with Gasteiger partial charge in [0, 0.05) is 15.7 Å². The van der Waals surface area contributed by atoms with Gasteiger partial charge < -0.3 is 14.8 Å². The van der Waals surface area contributed by atoms with Crippen LogP contribution in [-0.4, -0.2) is 17.0 Å². The van der Waals surface area contributed by atoms with E-state index in [1.165, 1.54) is 6.07 Å². The Kier molecular flexibility index (Phi) is 4.18. The van der Waals surface area contributed by atoms with Crippen LogP contribution >= 0.6 is 15.9 Å². The zero-order valence-electron chi connectivity index (χ0n) is 11.8. The largest absolute Gasteiger partial charge is 0.478 e. The first-order valence-corrected chi connectivity index (χ1v) is 7.01. The summed E-state index contributed by atoms with van der Waals surface area (Å²) >= 11 is 3.16. The fourth-order valence-corrected chi connectivity index (χ4v) is 2.50. The van der Waals surface area contributed by atoms with E-state index in [0.717, 1.165) is 5.56 Å². The van der Waals surface area contributed by atoms with E-state index in [1.54, 1.807) is 26.0 Å². The van der Waals surface area contributed by atoms with E-state index < -0.39 is 5.97 Å². The van der Waals surface area contributed by atoms with Gasteiger partial charge in [-0.05, 0) is 54.9 Å². The van der Waals surface area contributed by atoms with Crippen LogP contribution in [0.5, 0.6) is 0 Å². The lowest BCUT2D eigenvalue weighted by Gasteiger charge is -2.07. The number of hydrogen-bond donors (Lipinski definition) is 2. The summed E-state index contributed by atoms with van der Waals surface area (Å²) in [6.45, 7) is 5.32. The van der Waals surface area contributed by atoms with Crippen LogP contribution in [0.25, 0.3) is 0 Å². The molecule has 0 radical (unpaired) electrons. The minimum Gasteiger partial charge on any atom is -0.478 e. The third-order valence-electron chi connectivity index (χ3n) is 3.24. The molecule has 1 amide bonds. The van der Waals surface area contributed by atoms with Gasteiger partial charge in [-0.3, -0.25) is 4.79 Å². The smallest absolute Gasteiger partial charge is 0.336 e. The molecular weight excluding hydrogens is 338 g/mol. The Labute approximate surface area is 130 Å². The highest BCUT2D eigenvalue weighted by molar-refractivity contribution is 9.10. The second-order valence-corrected chi connectivity index (χ2v) is 5.52. The van der Waals surface area contributed by atoms with E-state index in [0.29, 0.717) is 27.2 Å². The van der Waals surface area contributed by atoms with Crippen LogP contribution < -0.4 is 5.32 Å². The molecule has 1 heterocycles. The first kappa shape index (κ1) is 15.3. The van der Waals surface area contributed by atoms with Gasteiger partial charge in [0.15, 0.2) is 0 Å². The number of carbonyl (C=O) groups is 2. The Morgan fingerprint density at radius 2 is 1.86 bits per heavy atom. The van der Waals surface area contributed by atoms with Crippen LogP contribution in [0.3, 0.4) is 0 Å². The van der Waals surface area contributed by atoms with Crippen molar-refractivity contribution >= 4 is 33.5 Å². The van der Waals surface area contributed by atoms with Crippen molar-refractivity contribution in [2.24, 2.45) is 0 Å². The second kappa shape index (κ2) is 5.73. The predicted octanol–water partition coefficient (Wildman–Crippen LogP) is 3.92. The maximum Gasteiger partial charge on any atom is 0.336 e. The van der Waals surface area contributed by atoms with Gasteiger partial charge >= 0.3 is 5.97 Å². The van der Waals surface area contributed by atoms with Crippen LogP contribution in [0, 0.1) is 20.8 Å². The minimum atomic E-state index is -1.07. The van der Waals surface area contributed by atoms with Crippen molar-refractivity contribution in [2.45, 2.75) is 20.8 Å². The Balaban J connectivity index is 2.32. The Morgan fingerprint density at radius 1 is 1.19 bits per heavy atom. The lowest BCUT2D eigenvalue weighted by atomic mass is 10.1. The van der Waals surface area contributed by atoms with Gasteiger partial charge in [0.2, 0.25) is 0 Å². The Morgan fingerprint density at radius 3 is 2.38 bits per heavy atom. The zero-order chi connectivity index (χ0) is 15.7. The van der Waals surface area contributed by atoms with E-state index in [4.69, 9.17) is 9.52 Å². The first-order valence-electron chi connectivity index (χ1n) is 6.22. The molecule has 0 atom stereocenters. The van der Waals surface area contributed by atoms with Crippen LogP contribution in [0.15, 0.2) is 27.1 Å². The summed E-state index contributed by atoms with van der Waals surface area (Å²) < 4.78 is 5.88. The summed E-state index contributed by atoms with van der Waals surface area (Å²) in [7, 11) is 0. The van der Waals surface area contributed by atoms with E-state index in [1.807, 2.05) is 6.92 Å². The third-order valence-corrected chi connectivity index (χ3v) is 3.93. The zero-order valence-corrected chi connectivity index (χ0v) is 13.4. The third kappa shape index (κ3) is 3.00. The van der Waals surface area contributed by atoms with Gasteiger partial charge in [-0.2, -0.15) is 0 Å². The molecule has 0 aliphatic carbocycles. The van der Waals surface area contributed by atoms with Crippen molar-refractivity contribution in [1.82, 2.24) is 0 Å². The number of halogens is 1. The van der Waals surface area contributed by atoms with Crippen LogP contribution in [0.1, 0.15) is 37.8 Å². The van der Waals surface area contributed by atoms with E-state index >= 15 is 0 Å². The van der Waals surface area contributed by atoms with Crippen molar-refractivity contribution in [3.05, 3.63) is 50.9 Å². The summed E-state index contributed by atoms with van der Waals surface area (Å²) in [5.41, 5.74) is 1.76. The summed E-state index contributed by atoms with van der Waals surface area (Å²) in [6, 6.07) is 4.62. The standard InChI is InChI=1S/C15H14BrNO4/c1-7-8(2)21-9(3)13(7)14(18)17-10-4-5-12(16)11(6-10)15(19)20/h4-6H,1-3H3,(H,17,18)(H,19,20). The molecule has 0 saturated carbocycles. The molecule has 2 N–H and O–H groups in total. The highest BCUT2D eigenvalue weighted by atomic mass is 79.9. The normalized spacial score (nSPS) is 10.5. The maximum atomic E-state index is 12.3. The molecule has 21 heavy (non-hydrogen) atoms. The van der Waals surface area contributed by atoms with Gasteiger partial charge in [0.1, 0.15) is 11.5 Å². The maximum absolute atomic E-state index is 12.3. The molecule has 0 fully saturated rings. The average molecular weight is 352 g/mol. The van der Waals surface area contributed by atoms with Gasteiger partial charge in [-0.25, -0.2) is 4.79 Å². The molecule has 110 valence electrons. The monoisotopic (exact) mass is 351 g/mol. The summed E-state index contributed by atoms with van der Waals surface area (Å²) in [5.74, 6) is -0.150. The fraction of sp³-hybridized carbons (Fsp3) is 0.200. The molecule has 0 aliphatic rings. The molecule has 1 aromatic carbocycles. The number of carbonyl (C=O) groups excluding carboxylic acids is 1. The number of carboxylic acids is 1. The summed E-state index contributed by atoms with van der Waals surface area (Å²) in [4.78, 5) is 23.4. The first-order chi connectivity index (χ1) is 9.81. The van der Waals surface area contributed by atoms with Crippen molar-refractivity contribution in [1.29, 1.82) is 0 Å². The molecule has 0 spiro atoms. The molecule has 0 saturated heterocycles. The number of furan rings is 1. The average Bonchev–Trinajstić information content (AvgIpc) is 2.65. The van der Waals surface area contributed by atoms with Crippen molar-refractivity contribution in [3.63, 3.8) is 0 Å². The number of benzene rings is 1. The second-order valence-electron chi connectivity index (χ2n) is 4.67. The predicted molar refractivity (Wildman–Crippen MR) is 82.0 cm³/mol. The Hall–Kier alpha value is -2.08. The van der Waals surface area contributed by atoms with Gasteiger partial charge in [0.25, 0.3) is 5.91 Å². The van der Waals surface area contributed by atoms with E-state index in [2.05, 4.69) is 21.2 Å². The highest BCUT2D eigenvalue weighted by Crippen LogP contribution is 2.24. The minimum absolute atomic E-state index is 0.0876. The molecule has 2 rings (SSSR count). The number of hydrogen-bond acceptors (Lipinski definition) is 3. The molecule has 6 heteroatoms. The number of rotatable bonds is 3. The molecule has 0 aliphatic heterocycles. The van der Waals surface area contributed by atoms with Crippen molar-refractivity contribution in [2.75, 3.05) is 5.32 Å². The Bertz CT molecular complexity index is 734. The quantitative estimate of drug-likeness (QED) is 0.878. The van der Waals surface area contributed by atoms with Crippen molar-refractivity contribution < 1.29 is 19.1 Å². The molecular formula is C15H14BrNO4. The molecule has 2 aromatic rings. The number of carboxylic acid groups (broad SMARTS) is 1. The van der Waals surface area contributed by atoms with E-state index in [9.17, 15) is 9.59 Å². The number of amides is 1. The summed E-state index contributed by atoms with van der Waals surface area (Å²) in [5, 5.41) is 11.8. The number of nitrogens with one attached hydrogen (secondary N) is 1. The SMILES string of the molecule is Cc1oc(C)c(C(=O)Nc2ccc(Br)c(C(=O)O)c2)c1C. The fourth-order valence-electron chi connectivity index (χ4n) is 2.09. The molecule has 5 nitrogen and oxygen atoms in total. The topological polar surface area (TPSA) is 79.5 Å². The van der Waals surface area contributed by atoms with Crippen LogP contribution in [0.4, 0.5) is 5.69 Å². The number of anilines is 1. The lowest BCUT2D eigenvalue weighted by Crippen LogP contribution is -2.14. The number of aromatic carboxylic acids is 1. The molecule has 0 unspecified atom stereocenters. The van der Waals surface area contributed by atoms with Crippen LogP contribution in [0.2, 0.25) is 0 Å².